The van der Waals surface area contributed by atoms with Gasteiger partial charge in [0.2, 0.25) is 0 Å². The van der Waals surface area contributed by atoms with Crippen molar-refractivity contribution in [1.82, 2.24) is 9.88 Å². The number of carbonyl (C=O) groups excluding carboxylic acids is 1. The smallest absolute Gasteiger partial charge is 0.346 e. The molecule has 1 fully saturated rings. The molecular weight excluding hydrogens is 339 g/mol. The van der Waals surface area contributed by atoms with Crippen LogP contribution in [0.2, 0.25) is 0 Å². The van der Waals surface area contributed by atoms with E-state index in [0.717, 1.165) is 6.20 Å². The molecule has 24 heavy (non-hydrogen) atoms. The Balaban J connectivity index is 1.67. The molecule has 1 aromatic carbocycles. The van der Waals surface area contributed by atoms with Crippen LogP contribution in [0.4, 0.5) is 18.3 Å². The highest BCUT2D eigenvalue weighted by atomic mass is 32.1. The molecule has 3 rings (SSSR count). The first-order valence-corrected chi connectivity index (χ1v) is 8.39. The van der Waals surface area contributed by atoms with Gasteiger partial charge in [-0.15, -0.1) is 0 Å². The molecule has 0 spiro atoms. The first-order valence-electron chi connectivity index (χ1n) is 7.57. The van der Waals surface area contributed by atoms with Gasteiger partial charge in [-0.25, -0.2) is 4.98 Å². The predicted molar refractivity (Wildman–Crippen MR) is 86.3 cm³/mol. The molecule has 1 amide bonds. The summed E-state index contributed by atoms with van der Waals surface area (Å²) in [5.41, 5.74) is 0.625. The van der Waals surface area contributed by atoms with Crippen molar-refractivity contribution >= 4 is 22.4 Å². The minimum Gasteiger partial charge on any atom is -0.346 e. The SMILES string of the molecule is O=C(c1ccccc1)N1CCCN(c2ncc(C(F)(F)F)s2)CC1. The van der Waals surface area contributed by atoms with Gasteiger partial charge in [0.1, 0.15) is 4.88 Å². The molecule has 0 radical (unpaired) electrons. The van der Waals surface area contributed by atoms with Crippen molar-refractivity contribution in [3.63, 3.8) is 0 Å². The number of hydrogen-bond acceptors (Lipinski definition) is 4. The largest absolute Gasteiger partial charge is 0.427 e. The van der Waals surface area contributed by atoms with Crippen molar-refractivity contribution in [3.8, 4) is 0 Å². The first-order chi connectivity index (χ1) is 11.4. The van der Waals surface area contributed by atoms with Crippen molar-refractivity contribution in [3.05, 3.63) is 47.0 Å². The van der Waals surface area contributed by atoms with E-state index in [2.05, 4.69) is 4.98 Å². The average Bonchev–Trinajstić information content (AvgIpc) is 2.94. The number of rotatable bonds is 2. The molecule has 2 aromatic rings. The Hall–Kier alpha value is -2.09. The van der Waals surface area contributed by atoms with Crippen LogP contribution in [0.3, 0.4) is 0 Å². The number of thiazole rings is 1. The maximum Gasteiger partial charge on any atom is 0.427 e. The number of benzene rings is 1. The summed E-state index contributed by atoms with van der Waals surface area (Å²) >= 11 is 0.648. The van der Waals surface area contributed by atoms with E-state index < -0.39 is 11.1 Å². The summed E-state index contributed by atoms with van der Waals surface area (Å²) in [6.45, 7) is 2.11. The monoisotopic (exact) mass is 355 g/mol. The lowest BCUT2D eigenvalue weighted by atomic mass is 10.2. The number of alkyl halides is 3. The van der Waals surface area contributed by atoms with Gasteiger partial charge in [-0.1, -0.05) is 29.5 Å². The quantitative estimate of drug-likeness (QED) is 0.827. The van der Waals surface area contributed by atoms with Gasteiger partial charge in [-0.2, -0.15) is 13.2 Å². The summed E-state index contributed by atoms with van der Waals surface area (Å²) in [6.07, 6.45) is -2.80. The zero-order chi connectivity index (χ0) is 17.2. The zero-order valence-electron chi connectivity index (χ0n) is 12.8. The number of hydrogen-bond donors (Lipinski definition) is 0. The Kier molecular flexibility index (Phi) is 4.75. The van der Waals surface area contributed by atoms with Crippen molar-refractivity contribution < 1.29 is 18.0 Å². The normalized spacial score (nSPS) is 16.1. The molecule has 2 heterocycles. The highest BCUT2D eigenvalue weighted by Crippen LogP contribution is 2.36. The summed E-state index contributed by atoms with van der Waals surface area (Å²) in [4.78, 5) is 19.2. The van der Waals surface area contributed by atoms with Gasteiger partial charge in [0.15, 0.2) is 5.13 Å². The summed E-state index contributed by atoms with van der Waals surface area (Å²) < 4.78 is 38.1. The predicted octanol–water partition coefficient (Wildman–Crippen LogP) is 3.51. The Morgan fingerprint density at radius 3 is 2.50 bits per heavy atom. The zero-order valence-corrected chi connectivity index (χ0v) is 13.6. The molecule has 0 atom stereocenters. The third-order valence-corrected chi connectivity index (χ3v) is 4.95. The van der Waals surface area contributed by atoms with Gasteiger partial charge in [-0.05, 0) is 18.6 Å². The Morgan fingerprint density at radius 1 is 1.08 bits per heavy atom. The topological polar surface area (TPSA) is 36.4 Å². The third kappa shape index (κ3) is 3.69. The molecule has 8 heteroatoms. The van der Waals surface area contributed by atoms with Gasteiger partial charge in [0.25, 0.3) is 5.91 Å². The van der Waals surface area contributed by atoms with E-state index >= 15 is 0 Å². The number of nitrogens with zero attached hydrogens (tertiary/aromatic N) is 3. The van der Waals surface area contributed by atoms with E-state index in [4.69, 9.17) is 0 Å². The van der Waals surface area contributed by atoms with Crippen LogP contribution in [-0.4, -0.2) is 42.0 Å². The van der Waals surface area contributed by atoms with E-state index in [-0.39, 0.29) is 5.91 Å². The van der Waals surface area contributed by atoms with Crippen LogP contribution in [0.15, 0.2) is 36.5 Å². The molecule has 1 aliphatic heterocycles. The van der Waals surface area contributed by atoms with Gasteiger partial charge in [0.05, 0.1) is 6.20 Å². The summed E-state index contributed by atoms with van der Waals surface area (Å²) in [5.74, 6) is -0.0485. The number of carbonyl (C=O) groups is 1. The minimum absolute atomic E-state index is 0.0485. The van der Waals surface area contributed by atoms with Crippen LogP contribution in [0.5, 0.6) is 0 Å². The van der Waals surface area contributed by atoms with E-state index in [9.17, 15) is 18.0 Å². The van der Waals surface area contributed by atoms with Crippen LogP contribution in [-0.2, 0) is 6.18 Å². The molecule has 0 aliphatic carbocycles. The highest BCUT2D eigenvalue weighted by molar-refractivity contribution is 7.15. The number of halogens is 3. The summed E-state index contributed by atoms with van der Waals surface area (Å²) in [7, 11) is 0. The number of aromatic nitrogens is 1. The Bertz CT molecular complexity index is 702. The molecule has 128 valence electrons. The first kappa shape index (κ1) is 16.8. The number of anilines is 1. The lowest BCUT2D eigenvalue weighted by Crippen LogP contribution is -2.35. The molecule has 0 saturated carbocycles. The van der Waals surface area contributed by atoms with E-state index in [1.807, 2.05) is 23.1 Å². The fourth-order valence-corrected chi connectivity index (χ4v) is 3.45. The second kappa shape index (κ2) is 6.80. The fraction of sp³-hybridized carbons (Fsp3) is 0.375. The number of amides is 1. The second-order valence-electron chi connectivity index (χ2n) is 5.50. The molecule has 1 aliphatic rings. The maximum absolute atomic E-state index is 12.7. The molecule has 1 aromatic heterocycles. The molecule has 0 unspecified atom stereocenters. The van der Waals surface area contributed by atoms with Crippen LogP contribution in [0.25, 0.3) is 0 Å². The molecule has 1 saturated heterocycles. The molecule has 0 bridgehead atoms. The van der Waals surface area contributed by atoms with Gasteiger partial charge >= 0.3 is 6.18 Å². The average molecular weight is 355 g/mol. The van der Waals surface area contributed by atoms with Crippen molar-refractivity contribution in [2.45, 2.75) is 12.6 Å². The van der Waals surface area contributed by atoms with Crippen LogP contribution >= 0.6 is 11.3 Å². The maximum atomic E-state index is 12.7. The van der Waals surface area contributed by atoms with Gasteiger partial charge < -0.3 is 9.80 Å². The lowest BCUT2D eigenvalue weighted by molar-refractivity contribution is -0.134. The third-order valence-electron chi connectivity index (χ3n) is 3.85. The van der Waals surface area contributed by atoms with Crippen molar-refractivity contribution in [2.75, 3.05) is 31.1 Å². The Morgan fingerprint density at radius 2 is 1.83 bits per heavy atom. The second-order valence-corrected chi connectivity index (χ2v) is 6.51. The van der Waals surface area contributed by atoms with Gasteiger partial charge in [0, 0.05) is 31.7 Å². The molecule has 0 N–H and O–H groups in total. The van der Waals surface area contributed by atoms with E-state index in [0.29, 0.717) is 54.6 Å². The van der Waals surface area contributed by atoms with Crippen LogP contribution < -0.4 is 4.90 Å². The minimum atomic E-state index is -4.36. The summed E-state index contributed by atoms with van der Waals surface area (Å²) in [5, 5.41) is 0.358. The van der Waals surface area contributed by atoms with E-state index in [1.165, 1.54) is 0 Å². The lowest BCUT2D eigenvalue weighted by Gasteiger charge is -2.21. The summed E-state index contributed by atoms with van der Waals surface area (Å²) in [6, 6.07) is 9.00. The fourth-order valence-electron chi connectivity index (χ4n) is 2.62. The highest BCUT2D eigenvalue weighted by Gasteiger charge is 2.34. The van der Waals surface area contributed by atoms with Crippen molar-refractivity contribution in [1.29, 1.82) is 0 Å². The molecule has 4 nitrogen and oxygen atoms in total. The van der Waals surface area contributed by atoms with Crippen molar-refractivity contribution in [2.24, 2.45) is 0 Å². The molecular formula is C16H16F3N3OS. The van der Waals surface area contributed by atoms with Crippen LogP contribution in [0, 0.1) is 0 Å². The standard InChI is InChI=1S/C16H16F3N3OS/c17-16(18,19)13-11-20-15(24-13)22-8-4-7-21(9-10-22)14(23)12-5-2-1-3-6-12/h1-3,5-6,11H,4,7-10H2. The van der Waals surface area contributed by atoms with Crippen LogP contribution in [0.1, 0.15) is 21.7 Å². The Labute approximate surface area is 141 Å². The van der Waals surface area contributed by atoms with Gasteiger partial charge in [-0.3, -0.25) is 4.79 Å². The van der Waals surface area contributed by atoms with E-state index in [1.54, 1.807) is 17.0 Å².